The molecule has 0 fully saturated rings. The van der Waals surface area contributed by atoms with Gasteiger partial charge in [-0.25, -0.2) is 9.79 Å². The molecule has 0 atom stereocenters. The summed E-state index contributed by atoms with van der Waals surface area (Å²) in [5, 5.41) is 4.51. The van der Waals surface area contributed by atoms with Gasteiger partial charge in [0.1, 0.15) is 10.8 Å². The van der Waals surface area contributed by atoms with Crippen LogP contribution in [0.3, 0.4) is 0 Å². The number of ether oxygens (including phenoxy) is 3. The molecule has 226 valence electrons. The Bertz CT molecular complexity index is 1410. The molecular formula is C30H40N4O6SSi. The van der Waals surface area contributed by atoms with E-state index in [0.29, 0.717) is 58.4 Å². The van der Waals surface area contributed by atoms with E-state index in [1.54, 1.807) is 14.0 Å². The monoisotopic (exact) mass is 612 g/mol. The molecule has 3 rings (SSSR count). The Morgan fingerprint density at radius 1 is 1.05 bits per heavy atom. The van der Waals surface area contributed by atoms with Crippen molar-refractivity contribution >= 4 is 42.6 Å². The standard InChI is InChI=1S/C30H40N4O6SSi/c1-20-31-27(34-40-20)21-11-14-23(15-12-21)32-26(28(41-7)33-29(35)37-6)22-13-16-24(25(19-22)36-5)38-17-10-18-39-42(8,9)30(2,3)4/h11-16,19H,10,17-18H2,1-9H3. The zero-order valence-corrected chi connectivity index (χ0v) is 27.6. The van der Waals surface area contributed by atoms with E-state index in [-0.39, 0.29) is 5.04 Å². The van der Waals surface area contributed by atoms with Gasteiger partial charge in [-0.15, -0.1) is 11.8 Å². The van der Waals surface area contributed by atoms with Crippen LogP contribution >= 0.6 is 11.8 Å². The maximum atomic E-state index is 12.1. The maximum absolute atomic E-state index is 12.1. The molecule has 0 aliphatic rings. The van der Waals surface area contributed by atoms with Gasteiger partial charge < -0.3 is 23.2 Å². The van der Waals surface area contributed by atoms with E-state index in [1.807, 2.05) is 48.7 Å². The van der Waals surface area contributed by atoms with Crippen LogP contribution in [-0.4, -0.2) is 69.0 Å². The van der Waals surface area contributed by atoms with Crippen LogP contribution in [0.4, 0.5) is 10.5 Å². The Morgan fingerprint density at radius 3 is 2.33 bits per heavy atom. The van der Waals surface area contributed by atoms with E-state index >= 15 is 0 Å². The molecule has 1 heterocycles. The van der Waals surface area contributed by atoms with Crippen molar-refractivity contribution in [3.05, 3.63) is 53.9 Å². The second kappa shape index (κ2) is 14.6. The van der Waals surface area contributed by atoms with E-state index < -0.39 is 14.4 Å². The van der Waals surface area contributed by atoms with Crippen molar-refractivity contribution < 1.29 is 28.0 Å². The van der Waals surface area contributed by atoms with Gasteiger partial charge >= 0.3 is 6.09 Å². The highest BCUT2D eigenvalue weighted by molar-refractivity contribution is 8.15. The number of amides is 1. The minimum Gasteiger partial charge on any atom is -0.493 e. The summed E-state index contributed by atoms with van der Waals surface area (Å²) in [4.78, 5) is 25.3. The van der Waals surface area contributed by atoms with Crippen LogP contribution in [0.25, 0.3) is 11.4 Å². The van der Waals surface area contributed by atoms with Gasteiger partial charge in [-0.05, 0) is 66.9 Å². The quantitative estimate of drug-likeness (QED) is 0.0939. The van der Waals surface area contributed by atoms with Crippen LogP contribution in [0, 0.1) is 6.92 Å². The van der Waals surface area contributed by atoms with Crippen LogP contribution in [-0.2, 0) is 9.16 Å². The lowest BCUT2D eigenvalue weighted by molar-refractivity contribution is 0.183. The van der Waals surface area contributed by atoms with Crippen molar-refractivity contribution in [2.75, 3.05) is 33.7 Å². The van der Waals surface area contributed by atoms with Crippen molar-refractivity contribution in [3.63, 3.8) is 0 Å². The summed E-state index contributed by atoms with van der Waals surface area (Å²) in [6.07, 6.45) is 1.85. The highest BCUT2D eigenvalue weighted by atomic mass is 32.2. The summed E-state index contributed by atoms with van der Waals surface area (Å²) in [5.74, 6) is 2.11. The minimum atomic E-state index is -1.80. The highest BCUT2D eigenvalue weighted by Crippen LogP contribution is 2.36. The normalized spacial score (nSPS) is 12.8. The molecular weight excluding hydrogens is 573 g/mol. The fraction of sp³-hybridized carbons (Fsp3) is 0.433. The minimum absolute atomic E-state index is 0.161. The lowest BCUT2D eigenvalue weighted by Crippen LogP contribution is -2.41. The first-order chi connectivity index (χ1) is 19.9. The average Bonchev–Trinajstić information content (AvgIpc) is 3.40. The molecule has 0 spiro atoms. The molecule has 1 aromatic heterocycles. The maximum Gasteiger partial charge on any atom is 0.434 e. The predicted octanol–water partition coefficient (Wildman–Crippen LogP) is 7.49. The third-order valence-corrected chi connectivity index (χ3v) is 12.1. The Kier molecular flexibility index (Phi) is 11.5. The second-order valence-electron chi connectivity index (χ2n) is 10.9. The largest absolute Gasteiger partial charge is 0.493 e. The van der Waals surface area contributed by atoms with E-state index in [2.05, 4.69) is 49.0 Å². The number of aromatic nitrogens is 2. The van der Waals surface area contributed by atoms with Gasteiger partial charge in [0.05, 0.1) is 26.5 Å². The second-order valence-corrected chi connectivity index (χ2v) is 16.5. The lowest BCUT2D eigenvalue weighted by atomic mass is 10.1. The van der Waals surface area contributed by atoms with Gasteiger partial charge in [-0.2, -0.15) is 9.98 Å². The zero-order valence-electron chi connectivity index (χ0n) is 25.8. The van der Waals surface area contributed by atoms with Gasteiger partial charge in [-0.1, -0.05) is 25.9 Å². The number of aryl methyl sites for hydroxylation is 1. The highest BCUT2D eigenvalue weighted by Gasteiger charge is 2.36. The number of hydrogen-bond donors (Lipinski definition) is 0. The predicted molar refractivity (Wildman–Crippen MR) is 170 cm³/mol. The molecule has 0 aliphatic heterocycles. The van der Waals surface area contributed by atoms with Gasteiger partial charge in [0.15, 0.2) is 19.8 Å². The number of benzene rings is 2. The van der Waals surface area contributed by atoms with Crippen molar-refractivity contribution in [3.8, 4) is 22.9 Å². The number of carbonyl (C=O) groups is 1. The number of methoxy groups -OCH3 is 2. The number of hydrogen-bond acceptors (Lipinski definition) is 10. The first kappa shape index (κ1) is 33.0. The molecule has 0 saturated carbocycles. The summed E-state index contributed by atoms with van der Waals surface area (Å²) in [5.41, 5.74) is 2.60. The summed E-state index contributed by atoms with van der Waals surface area (Å²) >= 11 is 1.28. The third kappa shape index (κ3) is 8.76. The van der Waals surface area contributed by atoms with Crippen LogP contribution in [0.5, 0.6) is 11.5 Å². The summed E-state index contributed by atoms with van der Waals surface area (Å²) < 4.78 is 27.8. The first-order valence-electron chi connectivity index (χ1n) is 13.5. The molecule has 1 amide bonds. The molecule has 2 aromatic carbocycles. The number of rotatable bonds is 11. The molecule has 0 radical (unpaired) electrons. The van der Waals surface area contributed by atoms with E-state index in [0.717, 1.165) is 12.0 Å². The van der Waals surface area contributed by atoms with Crippen molar-refractivity contribution in [1.82, 2.24) is 10.1 Å². The molecule has 10 nitrogen and oxygen atoms in total. The van der Waals surface area contributed by atoms with Crippen LogP contribution < -0.4 is 9.47 Å². The van der Waals surface area contributed by atoms with Crippen molar-refractivity contribution in [1.29, 1.82) is 0 Å². The molecule has 0 bridgehead atoms. The lowest BCUT2D eigenvalue weighted by Gasteiger charge is -2.36. The van der Waals surface area contributed by atoms with Gasteiger partial charge in [0.25, 0.3) is 0 Å². The Balaban J connectivity index is 1.86. The number of thioether (sulfide) groups is 1. The number of aliphatic imine (C=N–C) groups is 2. The van der Waals surface area contributed by atoms with E-state index in [4.69, 9.17) is 28.2 Å². The third-order valence-electron chi connectivity index (χ3n) is 6.91. The van der Waals surface area contributed by atoms with Gasteiger partial charge in [0.2, 0.25) is 11.7 Å². The average molecular weight is 613 g/mol. The zero-order chi connectivity index (χ0) is 30.9. The Morgan fingerprint density at radius 2 is 1.76 bits per heavy atom. The first-order valence-corrected chi connectivity index (χ1v) is 17.7. The van der Waals surface area contributed by atoms with Crippen LogP contribution in [0.2, 0.25) is 18.1 Å². The summed E-state index contributed by atoms with van der Waals surface area (Å²) in [6.45, 7) is 14.0. The van der Waals surface area contributed by atoms with Crippen LogP contribution in [0.1, 0.15) is 38.6 Å². The fourth-order valence-electron chi connectivity index (χ4n) is 3.51. The Labute approximate surface area is 253 Å². The molecule has 42 heavy (non-hydrogen) atoms. The van der Waals surface area contributed by atoms with E-state index in [1.165, 1.54) is 18.9 Å². The smallest absolute Gasteiger partial charge is 0.434 e. The molecule has 12 heteroatoms. The molecule has 0 N–H and O–H groups in total. The summed E-state index contributed by atoms with van der Waals surface area (Å²) in [7, 11) is 1.06. The topological polar surface area (TPSA) is 118 Å². The SMILES string of the molecule is COC(=O)N=C(SC)C(=Nc1ccc(-c2noc(C)n2)cc1)c1ccc(OCCCO[Si](C)(C)C(C)(C)C)c(OC)c1. The molecule has 0 unspecified atom stereocenters. The molecule has 3 aromatic rings. The summed E-state index contributed by atoms with van der Waals surface area (Å²) in [6, 6.07) is 12.9. The van der Waals surface area contributed by atoms with Gasteiger partial charge in [-0.3, -0.25) is 0 Å². The van der Waals surface area contributed by atoms with Crippen molar-refractivity contribution in [2.45, 2.75) is 52.2 Å². The Hall–Kier alpha value is -3.48. The molecule has 0 saturated heterocycles. The van der Waals surface area contributed by atoms with Crippen LogP contribution in [0.15, 0.2) is 57.0 Å². The van der Waals surface area contributed by atoms with Gasteiger partial charge in [0, 0.05) is 31.1 Å². The molecule has 0 aliphatic carbocycles. The number of carbonyl (C=O) groups excluding carboxylic acids is 1. The fourth-order valence-corrected chi connectivity index (χ4v) is 5.12. The van der Waals surface area contributed by atoms with Crippen molar-refractivity contribution in [2.24, 2.45) is 9.98 Å². The number of nitrogens with zero attached hydrogens (tertiary/aromatic N) is 4. The van der Waals surface area contributed by atoms with E-state index in [9.17, 15) is 4.79 Å².